The molecule has 0 aromatic heterocycles. The van der Waals surface area contributed by atoms with Crippen LogP contribution < -0.4 is 0 Å². The summed E-state index contributed by atoms with van der Waals surface area (Å²) in [6.45, 7) is 0. The molecule has 0 aliphatic heterocycles. The van der Waals surface area contributed by atoms with Crippen molar-refractivity contribution in [2.75, 3.05) is 0 Å². The van der Waals surface area contributed by atoms with Crippen molar-refractivity contribution < 1.29 is 49.4 Å². The summed E-state index contributed by atoms with van der Waals surface area (Å²) >= 11 is 0. The Morgan fingerprint density at radius 3 is 2.29 bits per heavy atom. The van der Waals surface area contributed by atoms with Gasteiger partial charge in [-0.2, -0.15) is 6.08 Å². The van der Waals surface area contributed by atoms with Gasteiger partial charge in [-0.3, -0.25) is 6.08 Å². The van der Waals surface area contributed by atoms with Gasteiger partial charge in [0.15, 0.2) is 0 Å². The van der Waals surface area contributed by atoms with E-state index >= 15 is 0 Å². The second kappa shape index (κ2) is 7.06. The number of hydrogen-bond donors (Lipinski definition) is 0. The summed E-state index contributed by atoms with van der Waals surface area (Å²) in [5, 5.41) is 0. The number of rotatable bonds is 0. The van der Waals surface area contributed by atoms with E-state index in [2.05, 4.69) is 12.2 Å². The van der Waals surface area contributed by atoms with Crippen molar-refractivity contribution in [3.63, 3.8) is 0 Å². The van der Waals surface area contributed by atoms with Crippen LogP contribution in [0.15, 0.2) is 18.2 Å². The minimum Gasteiger partial charge on any atom is -0.358 e. The molecule has 1 radical (unpaired) electrons. The molecule has 0 unspecified atom stereocenters. The van der Waals surface area contributed by atoms with E-state index in [0.717, 1.165) is 6.42 Å². The first-order valence-electron chi connectivity index (χ1n) is 1.72. The largest absolute Gasteiger partial charge is 2.00 e. The van der Waals surface area contributed by atoms with Gasteiger partial charge in [-0.05, 0) is 0 Å². The quantitative estimate of drug-likeness (QED) is 0.558. The van der Waals surface area contributed by atoms with Crippen LogP contribution in [0.2, 0.25) is 0 Å². The molecule has 0 nitrogen and oxygen atoms in total. The summed E-state index contributed by atoms with van der Waals surface area (Å²) in [6, 6.07) is 0. The molecule has 1 rings (SSSR count). The molecule has 0 aromatic rings. The van der Waals surface area contributed by atoms with Crippen LogP contribution in [0.25, 0.3) is 0 Å². The standard InChI is InChI=1S/C5H5.CH3.Eu/c1-2-4-5-3-1;;/h1-3H,4H2;1H3;/q2*-1;+2. The average molecular weight is 232 g/mol. The topological polar surface area (TPSA) is 0 Å². The van der Waals surface area contributed by atoms with Gasteiger partial charge in [0.05, 0.1) is 0 Å². The molecule has 0 aromatic carbocycles. The molecule has 7 heavy (non-hydrogen) atoms. The maximum atomic E-state index is 2.99. The van der Waals surface area contributed by atoms with Gasteiger partial charge in [0, 0.05) is 0 Å². The third-order valence-electron chi connectivity index (χ3n) is 0.586. The van der Waals surface area contributed by atoms with Crippen LogP contribution in [0.3, 0.4) is 0 Å². The Labute approximate surface area is 86.2 Å². The van der Waals surface area contributed by atoms with Crippen molar-refractivity contribution in [3.05, 3.63) is 31.7 Å². The van der Waals surface area contributed by atoms with Crippen LogP contribution in [0, 0.1) is 62.9 Å². The first-order valence-corrected chi connectivity index (χ1v) is 1.72. The van der Waals surface area contributed by atoms with Gasteiger partial charge in [0.25, 0.3) is 0 Å². The summed E-state index contributed by atoms with van der Waals surface area (Å²) in [5.41, 5.74) is 0. The normalized spacial score (nSPS) is 12.6. The molecular formula is C6H8Eu. The molecule has 0 saturated heterocycles. The second-order valence-corrected chi connectivity index (χ2v) is 1.00. The molecule has 39 valence electrons. The molecule has 0 N–H and O–H groups in total. The fraction of sp³-hybridized carbons (Fsp3) is 0.167. The van der Waals surface area contributed by atoms with Crippen molar-refractivity contribution >= 4 is 0 Å². The van der Waals surface area contributed by atoms with Gasteiger partial charge < -0.3 is 7.43 Å². The minimum atomic E-state index is 0. The van der Waals surface area contributed by atoms with Gasteiger partial charge in [-0.15, -0.1) is 6.42 Å². The molecule has 0 atom stereocenters. The molecular weight excluding hydrogens is 224 g/mol. The fourth-order valence-corrected chi connectivity index (χ4v) is 0.340. The van der Waals surface area contributed by atoms with Crippen LogP contribution in [0.5, 0.6) is 0 Å². The van der Waals surface area contributed by atoms with Crippen LogP contribution in [0.1, 0.15) is 6.42 Å². The van der Waals surface area contributed by atoms with Crippen molar-refractivity contribution in [1.29, 1.82) is 0 Å². The zero-order chi connectivity index (χ0) is 3.54. The van der Waals surface area contributed by atoms with Gasteiger partial charge in [-0.1, -0.05) is 0 Å². The Balaban J connectivity index is 0. The summed E-state index contributed by atoms with van der Waals surface area (Å²) in [7, 11) is 0. The Morgan fingerprint density at radius 1 is 1.43 bits per heavy atom. The van der Waals surface area contributed by atoms with Gasteiger partial charge in [0.2, 0.25) is 0 Å². The summed E-state index contributed by atoms with van der Waals surface area (Å²) in [6.07, 6.45) is 10.0. The SMILES string of the molecule is [C-]1=CC=CC1.[CH3-].[Eu+2]. The third-order valence-corrected chi connectivity index (χ3v) is 0.586. The van der Waals surface area contributed by atoms with Crippen LogP contribution in [0.4, 0.5) is 0 Å². The van der Waals surface area contributed by atoms with Crippen LogP contribution in [-0.4, -0.2) is 0 Å². The summed E-state index contributed by atoms with van der Waals surface area (Å²) in [4.78, 5) is 0. The summed E-state index contributed by atoms with van der Waals surface area (Å²) in [5.74, 6) is 0. The monoisotopic (exact) mass is 233 g/mol. The Bertz CT molecular complexity index is 62.2. The zero-order valence-electron chi connectivity index (χ0n) is 4.32. The number of allylic oxidation sites excluding steroid dienone is 4. The predicted octanol–water partition coefficient (Wildman–Crippen LogP) is 1.76. The van der Waals surface area contributed by atoms with Crippen molar-refractivity contribution in [3.8, 4) is 0 Å². The average Bonchev–Trinajstić information content (AvgIpc) is 1.76. The third kappa shape index (κ3) is 4.93. The maximum Gasteiger partial charge on any atom is 2.00 e. The molecule has 0 saturated carbocycles. The second-order valence-electron chi connectivity index (χ2n) is 1.00. The van der Waals surface area contributed by atoms with E-state index in [1.807, 2.05) is 12.2 Å². The fourth-order valence-electron chi connectivity index (χ4n) is 0.340. The van der Waals surface area contributed by atoms with E-state index in [-0.39, 0.29) is 56.8 Å². The van der Waals surface area contributed by atoms with Gasteiger partial charge in [-0.25, -0.2) is 12.2 Å². The first-order chi connectivity index (χ1) is 2.50. The van der Waals surface area contributed by atoms with E-state index in [1.165, 1.54) is 0 Å². The van der Waals surface area contributed by atoms with Crippen molar-refractivity contribution in [2.45, 2.75) is 6.42 Å². The van der Waals surface area contributed by atoms with Gasteiger partial charge in [0.1, 0.15) is 0 Å². The summed E-state index contributed by atoms with van der Waals surface area (Å²) < 4.78 is 0. The Morgan fingerprint density at radius 2 is 2.14 bits per heavy atom. The molecule has 1 aliphatic carbocycles. The van der Waals surface area contributed by atoms with Crippen molar-refractivity contribution in [2.24, 2.45) is 0 Å². The Kier molecular flexibility index (Phi) is 11.0. The molecule has 1 aliphatic rings. The van der Waals surface area contributed by atoms with E-state index in [9.17, 15) is 0 Å². The van der Waals surface area contributed by atoms with Crippen LogP contribution >= 0.6 is 0 Å². The zero-order valence-corrected chi connectivity index (χ0v) is 6.74. The van der Waals surface area contributed by atoms with E-state index in [4.69, 9.17) is 0 Å². The maximum absolute atomic E-state index is 2.99. The minimum absolute atomic E-state index is 0. The first kappa shape index (κ1) is 10.9. The molecule has 0 fully saturated rings. The molecule has 1 heteroatoms. The van der Waals surface area contributed by atoms with Gasteiger partial charge >= 0.3 is 49.4 Å². The van der Waals surface area contributed by atoms with Crippen molar-refractivity contribution in [1.82, 2.24) is 0 Å². The van der Waals surface area contributed by atoms with E-state index in [0.29, 0.717) is 0 Å². The number of hydrogen-bond acceptors (Lipinski definition) is 0. The van der Waals surface area contributed by atoms with E-state index in [1.54, 1.807) is 0 Å². The molecule has 0 heterocycles. The molecule has 0 spiro atoms. The predicted molar refractivity (Wildman–Crippen MR) is 28.0 cm³/mol. The Hall–Kier alpha value is 1.06. The smallest absolute Gasteiger partial charge is 0.358 e. The van der Waals surface area contributed by atoms with E-state index < -0.39 is 0 Å². The molecule has 0 amide bonds. The molecule has 0 bridgehead atoms. The van der Waals surface area contributed by atoms with Crippen LogP contribution in [-0.2, 0) is 0 Å².